The van der Waals surface area contributed by atoms with Gasteiger partial charge in [0, 0.05) is 26.1 Å². The molecule has 2 atom stereocenters. The minimum absolute atomic E-state index is 0.0781. The average molecular weight is 276 g/mol. The smallest absolute Gasteiger partial charge is 0.317 e. The molecule has 1 aromatic rings. The number of carbonyl (C=O) groups is 1. The maximum absolute atomic E-state index is 12.0. The zero-order valence-electron chi connectivity index (χ0n) is 12.3. The van der Waals surface area contributed by atoms with Gasteiger partial charge in [0.15, 0.2) is 0 Å². The molecule has 1 aliphatic carbocycles. The summed E-state index contributed by atoms with van der Waals surface area (Å²) in [5.41, 5.74) is 2.30. The van der Waals surface area contributed by atoms with Gasteiger partial charge in [-0.05, 0) is 25.3 Å². The van der Waals surface area contributed by atoms with E-state index in [-0.39, 0.29) is 18.1 Å². The Morgan fingerprint density at radius 2 is 2.25 bits per heavy atom. The number of carbonyl (C=O) groups excluding carboxylic acids is 1. The van der Waals surface area contributed by atoms with Gasteiger partial charge >= 0.3 is 6.03 Å². The Hall–Kier alpha value is -1.55. The van der Waals surface area contributed by atoms with Crippen molar-refractivity contribution in [1.29, 1.82) is 0 Å². The molecule has 1 saturated carbocycles. The van der Waals surface area contributed by atoms with Gasteiger partial charge in [-0.3, -0.25) is 0 Å². The summed E-state index contributed by atoms with van der Waals surface area (Å²) in [6, 6.07) is 8.04. The van der Waals surface area contributed by atoms with Gasteiger partial charge in [0.05, 0.1) is 6.10 Å². The summed E-state index contributed by atoms with van der Waals surface area (Å²) in [5, 5.41) is 12.7. The first-order valence-corrected chi connectivity index (χ1v) is 7.29. The van der Waals surface area contributed by atoms with Gasteiger partial charge < -0.3 is 15.3 Å². The number of nitrogens with one attached hydrogen (secondary N) is 1. The topological polar surface area (TPSA) is 52.6 Å². The van der Waals surface area contributed by atoms with Crippen LogP contribution >= 0.6 is 0 Å². The number of urea groups is 1. The molecule has 0 heterocycles. The van der Waals surface area contributed by atoms with Gasteiger partial charge in [0.25, 0.3) is 0 Å². The molecule has 0 saturated heterocycles. The first-order chi connectivity index (χ1) is 9.56. The summed E-state index contributed by atoms with van der Waals surface area (Å²) in [6.45, 7) is 3.21. The molecule has 2 N–H and O–H groups in total. The number of rotatable bonds is 4. The van der Waals surface area contributed by atoms with Gasteiger partial charge in [0.2, 0.25) is 0 Å². The molecule has 4 nitrogen and oxygen atoms in total. The summed E-state index contributed by atoms with van der Waals surface area (Å²) in [4.78, 5) is 13.7. The lowest BCUT2D eigenvalue weighted by Crippen LogP contribution is -2.40. The summed E-state index contributed by atoms with van der Waals surface area (Å²) < 4.78 is 0. The standard InChI is InChI=1S/C16H24N2O2/c1-12-5-3-6-13(9-12)10-17-16(20)18(2)11-14-7-4-8-15(14)19/h3,5-6,9,14-15,19H,4,7-8,10-11H2,1-2H3,(H,17,20). The van der Waals surface area contributed by atoms with E-state index >= 15 is 0 Å². The highest BCUT2D eigenvalue weighted by Crippen LogP contribution is 2.25. The molecule has 110 valence electrons. The molecule has 4 heteroatoms. The second-order valence-corrected chi connectivity index (χ2v) is 5.79. The van der Waals surface area contributed by atoms with Crippen LogP contribution < -0.4 is 5.32 Å². The van der Waals surface area contributed by atoms with Gasteiger partial charge in [0.1, 0.15) is 0 Å². The van der Waals surface area contributed by atoms with E-state index in [1.54, 1.807) is 11.9 Å². The monoisotopic (exact) mass is 276 g/mol. The molecule has 1 aromatic carbocycles. The summed E-state index contributed by atoms with van der Waals surface area (Å²) in [7, 11) is 1.79. The SMILES string of the molecule is Cc1cccc(CNC(=O)N(C)CC2CCCC2O)c1. The van der Waals surface area contributed by atoms with Crippen LogP contribution in [-0.2, 0) is 6.54 Å². The van der Waals surface area contributed by atoms with Crippen LogP contribution in [-0.4, -0.2) is 35.7 Å². The van der Waals surface area contributed by atoms with Crippen LogP contribution in [0.3, 0.4) is 0 Å². The number of benzene rings is 1. The molecule has 0 aliphatic heterocycles. The Kier molecular flexibility index (Phi) is 5.01. The van der Waals surface area contributed by atoms with Crippen molar-refractivity contribution in [3.63, 3.8) is 0 Å². The molecule has 0 bridgehead atoms. The van der Waals surface area contributed by atoms with Crippen LogP contribution in [0.5, 0.6) is 0 Å². The Morgan fingerprint density at radius 1 is 1.45 bits per heavy atom. The fourth-order valence-corrected chi connectivity index (χ4v) is 2.80. The normalized spacial score (nSPS) is 21.8. The largest absolute Gasteiger partial charge is 0.393 e. The van der Waals surface area contributed by atoms with Crippen LogP contribution in [0.2, 0.25) is 0 Å². The minimum atomic E-state index is -0.248. The lowest BCUT2D eigenvalue weighted by molar-refractivity contribution is 0.114. The van der Waals surface area contributed by atoms with E-state index in [2.05, 4.69) is 11.4 Å². The lowest BCUT2D eigenvalue weighted by atomic mass is 10.1. The highest BCUT2D eigenvalue weighted by Gasteiger charge is 2.27. The quantitative estimate of drug-likeness (QED) is 0.886. The van der Waals surface area contributed by atoms with Crippen molar-refractivity contribution in [1.82, 2.24) is 10.2 Å². The van der Waals surface area contributed by atoms with Crippen molar-refractivity contribution < 1.29 is 9.90 Å². The molecular formula is C16H24N2O2. The summed E-state index contributed by atoms with van der Waals surface area (Å²) in [6.07, 6.45) is 2.69. The van der Waals surface area contributed by atoms with E-state index in [0.717, 1.165) is 24.8 Å². The number of aryl methyl sites for hydroxylation is 1. The highest BCUT2D eigenvalue weighted by molar-refractivity contribution is 5.73. The molecule has 0 radical (unpaired) electrons. The third-order valence-electron chi connectivity index (χ3n) is 4.00. The molecule has 1 aliphatic rings. The van der Waals surface area contributed by atoms with E-state index < -0.39 is 0 Å². The number of aliphatic hydroxyl groups excluding tert-OH is 1. The lowest BCUT2D eigenvalue weighted by Gasteiger charge is -2.23. The fraction of sp³-hybridized carbons (Fsp3) is 0.562. The van der Waals surface area contributed by atoms with E-state index in [0.29, 0.717) is 13.1 Å². The van der Waals surface area contributed by atoms with E-state index in [1.165, 1.54) is 5.56 Å². The van der Waals surface area contributed by atoms with Crippen molar-refractivity contribution in [2.24, 2.45) is 5.92 Å². The Labute approximate surface area is 120 Å². The maximum Gasteiger partial charge on any atom is 0.317 e. The maximum atomic E-state index is 12.0. The predicted molar refractivity (Wildman–Crippen MR) is 79.4 cm³/mol. The molecular weight excluding hydrogens is 252 g/mol. The molecule has 2 unspecified atom stereocenters. The molecule has 20 heavy (non-hydrogen) atoms. The zero-order chi connectivity index (χ0) is 14.5. The fourth-order valence-electron chi connectivity index (χ4n) is 2.80. The number of hydrogen-bond acceptors (Lipinski definition) is 2. The van der Waals surface area contributed by atoms with Crippen molar-refractivity contribution in [2.75, 3.05) is 13.6 Å². The van der Waals surface area contributed by atoms with E-state index in [1.807, 2.05) is 25.1 Å². The minimum Gasteiger partial charge on any atom is -0.393 e. The van der Waals surface area contributed by atoms with Crippen molar-refractivity contribution in [2.45, 2.75) is 38.8 Å². The van der Waals surface area contributed by atoms with Crippen molar-refractivity contribution in [3.05, 3.63) is 35.4 Å². The Balaban J connectivity index is 1.79. The Bertz CT molecular complexity index is 462. The summed E-state index contributed by atoms with van der Waals surface area (Å²) >= 11 is 0. The van der Waals surface area contributed by atoms with Gasteiger partial charge in [-0.2, -0.15) is 0 Å². The predicted octanol–water partition coefficient (Wildman–Crippen LogP) is 2.30. The van der Waals surface area contributed by atoms with Crippen LogP contribution in [0, 0.1) is 12.8 Å². The van der Waals surface area contributed by atoms with E-state index in [4.69, 9.17) is 0 Å². The van der Waals surface area contributed by atoms with Crippen LogP contribution in [0.25, 0.3) is 0 Å². The van der Waals surface area contributed by atoms with Crippen molar-refractivity contribution in [3.8, 4) is 0 Å². The average Bonchev–Trinajstić information content (AvgIpc) is 2.81. The first kappa shape index (κ1) is 14.9. The van der Waals surface area contributed by atoms with Crippen molar-refractivity contribution >= 4 is 6.03 Å². The van der Waals surface area contributed by atoms with Gasteiger partial charge in [-0.1, -0.05) is 36.2 Å². The molecule has 1 fully saturated rings. The number of hydrogen-bond donors (Lipinski definition) is 2. The second-order valence-electron chi connectivity index (χ2n) is 5.79. The first-order valence-electron chi connectivity index (χ1n) is 7.29. The molecule has 0 aromatic heterocycles. The third kappa shape index (κ3) is 3.97. The van der Waals surface area contributed by atoms with Crippen LogP contribution in [0.1, 0.15) is 30.4 Å². The number of nitrogens with zero attached hydrogens (tertiary/aromatic N) is 1. The Morgan fingerprint density at radius 3 is 2.90 bits per heavy atom. The second kappa shape index (κ2) is 6.75. The third-order valence-corrected chi connectivity index (χ3v) is 4.00. The number of amides is 2. The van der Waals surface area contributed by atoms with E-state index in [9.17, 15) is 9.90 Å². The van der Waals surface area contributed by atoms with Gasteiger partial charge in [-0.25, -0.2) is 4.79 Å². The van der Waals surface area contributed by atoms with Crippen LogP contribution in [0.15, 0.2) is 24.3 Å². The zero-order valence-corrected chi connectivity index (χ0v) is 12.3. The number of aliphatic hydroxyl groups is 1. The summed E-state index contributed by atoms with van der Waals surface area (Å²) in [5.74, 6) is 0.227. The molecule has 0 spiro atoms. The highest BCUT2D eigenvalue weighted by atomic mass is 16.3. The van der Waals surface area contributed by atoms with Gasteiger partial charge in [-0.15, -0.1) is 0 Å². The van der Waals surface area contributed by atoms with Crippen LogP contribution in [0.4, 0.5) is 4.79 Å². The molecule has 2 amide bonds. The molecule has 2 rings (SSSR count).